The molecule has 0 fully saturated rings. The van der Waals surface area contributed by atoms with Gasteiger partial charge >= 0.3 is 0 Å². The summed E-state index contributed by atoms with van der Waals surface area (Å²) in [4.78, 5) is 10.5. The molecule has 1 aliphatic carbocycles. The summed E-state index contributed by atoms with van der Waals surface area (Å²) in [6.45, 7) is 0. The molecule has 1 aromatic carbocycles. The van der Waals surface area contributed by atoms with Gasteiger partial charge in [0.15, 0.2) is 0 Å². The summed E-state index contributed by atoms with van der Waals surface area (Å²) in [6, 6.07) is 6.98. The smallest absolute Gasteiger partial charge is 0.258 e. The molecule has 1 unspecified atom stereocenters. The first-order valence-corrected chi connectivity index (χ1v) is 4.69. The number of hydrogen-bond acceptors (Lipinski definition) is 2. The molecule has 1 atom stereocenters. The maximum atomic E-state index is 10.8. The van der Waals surface area contributed by atoms with Crippen molar-refractivity contribution in [2.45, 2.75) is 18.8 Å². The zero-order valence-corrected chi connectivity index (χ0v) is 7.72. The molecule has 3 nitrogen and oxygen atoms in total. The summed E-state index contributed by atoms with van der Waals surface area (Å²) >= 11 is 0. The SMILES string of the molecule is O=[N+]([O-])c1ccccc1C1C=CCC1. The molecule has 0 heterocycles. The number of para-hydroxylation sites is 1. The van der Waals surface area contributed by atoms with Crippen LogP contribution in [0.3, 0.4) is 0 Å². The van der Waals surface area contributed by atoms with E-state index in [2.05, 4.69) is 12.2 Å². The molecule has 0 aromatic heterocycles. The van der Waals surface area contributed by atoms with Crippen LogP contribution in [0.5, 0.6) is 0 Å². The topological polar surface area (TPSA) is 43.1 Å². The number of nitro groups is 1. The standard InChI is InChI=1S/C11H11NO2/c13-12(14)11-8-4-3-7-10(11)9-5-1-2-6-9/h1,3-5,7-9H,2,6H2. The predicted molar refractivity (Wildman–Crippen MR) is 54.2 cm³/mol. The van der Waals surface area contributed by atoms with Crippen LogP contribution < -0.4 is 0 Å². The van der Waals surface area contributed by atoms with Crippen molar-refractivity contribution in [3.8, 4) is 0 Å². The number of nitro benzene ring substituents is 1. The van der Waals surface area contributed by atoms with E-state index in [-0.39, 0.29) is 16.5 Å². The van der Waals surface area contributed by atoms with Gasteiger partial charge in [-0.25, -0.2) is 0 Å². The zero-order valence-electron chi connectivity index (χ0n) is 7.72. The fourth-order valence-corrected chi connectivity index (χ4v) is 1.86. The van der Waals surface area contributed by atoms with Gasteiger partial charge in [0.1, 0.15) is 0 Å². The van der Waals surface area contributed by atoms with Gasteiger partial charge in [0.2, 0.25) is 0 Å². The average molecular weight is 189 g/mol. The van der Waals surface area contributed by atoms with Gasteiger partial charge in [0.25, 0.3) is 5.69 Å². The molecule has 0 amide bonds. The fourth-order valence-electron chi connectivity index (χ4n) is 1.86. The lowest BCUT2D eigenvalue weighted by atomic mass is 9.97. The molecule has 1 aliphatic rings. The van der Waals surface area contributed by atoms with Crippen molar-refractivity contribution >= 4 is 5.69 Å². The molecular weight excluding hydrogens is 178 g/mol. The number of nitrogens with zero attached hydrogens (tertiary/aromatic N) is 1. The lowest BCUT2D eigenvalue weighted by Crippen LogP contribution is -1.98. The van der Waals surface area contributed by atoms with Crippen LogP contribution in [0.2, 0.25) is 0 Å². The molecule has 1 aromatic rings. The Balaban J connectivity index is 2.40. The predicted octanol–water partition coefficient (Wildman–Crippen LogP) is 3.03. The van der Waals surface area contributed by atoms with Gasteiger partial charge in [-0.2, -0.15) is 0 Å². The minimum Gasteiger partial charge on any atom is -0.258 e. The maximum absolute atomic E-state index is 10.8. The van der Waals surface area contributed by atoms with Gasteiger partial charge in [-0.3, -0.25) is 10.1 Å². The van der Waals surface area contributed by atoms with Gasteiger partial charge in [-0.15, -0.1) is 0 Å². The summed E-state index contributed by atoms with van der Waals surface area (Å²) in [5.41, 5.74) is 1.08. The van der Waals surface area contributed by atoms with E-state index < -0.39 is 0 Å². The third kappa shape index (κ3) is 1.53. The van der Waals surface area contributed by atoms with Gasteiger partial charge in [-0.05, 0) is 12.8 Å². The quantitative estimate of drug-likeness (QED) is 0.407. The first kappa shape index (κ1) is 8.94. The summed E-state index contributed by atoms with van der Waals surface area (Å²) in [5, 5.41) is 10.8. The Bertz CT molecular complexity index is 385. The highest BCUT2D eigenvalue weighted by Crippen LogP contribution is 2.33. The highest BCUT2D eigenvalue weighted by atomic mass is 16.6. The van der Waals surface area contributed by atoms with Crippen molar-refractivity contribution in [1.29, 1.82) is 0 Å². The van der Waals surface area contributed by atoms with E-state index in [1.165, 1.54) is 0 Å². The van der Waals surface area contributed by atoms with Crippen LogP contribution in [0.25, 0.3) is 0 Å². The molecule has 2 rings (SSSR count). The second-order valence-corrected chi connectivity index (χ2v) is 3.43. The molecular formula is C11H11NO2. The Labute approximate surface area is 82.2 Å². The van der Waals surface area contributed by atoms with Crippen molar-refractivity contribution in [3.63, 3.8) is 0 Å². The molecule has 0 spiro atoms. The normalized spacial score (nSPS) is 19.9. The second kappa shape index (κ2) is 3.62. The van der Waals surface area contributed by atoms with E-state index in [9.17, 15) is 10.1 Å². The minimum absolute atomic E-state index is 0.233. The Morgan fingerprint density at radius 3 is 2.79 bits per heavy atom. The van der Waals surface area contributed by atoms with Crippen LogP contribution in [0.1, 0.15) is 24.3 Å². The van der Waals surface area contributed by atoms with Crippen LogP contribution in [0.15, 0.2) is 36.4 Å². The molecule has 0 saturated carbocycles. The first-order chi connectivity index (χ1) is 6.79. The summed E-state index contributed by atoms with van der Waals surface area (Å²) in [7, 11) is 0. The van der Waals surface area contributed by atoms with Gasteiger partial charge in [0.05, 0.1) is 4.92 Å². The largest absolute Gasteiger partial charge is 0.273 e. The summed E-state index contributed by atoms with van der Waals surface area (Å²) in [5.74, 6) is 0.233. The maximum Gasteiger partial charge on any atom is 0.273 e. The van der Waals surface area contributed by atoms with E-state index in [1.54, 1.807) is 12.1 Å². The minimum atomic E-state index is -0.304. The zero-order chi connectivity index (χ0) is 9.97. The van der Waals surface area contributed by atoms with E-state index in [0.717, 1.165) is 18.4 Å². The van der Waals surface area contributed by atoms with Crippen LogP contribution in [0.4, 0.5) is 5.69 Å². The average Bonchev–Trinajstić information content (AvgIpc) is 2.70. The molecule has 14 heavy (non-hydrogen) atoms. The Kier molecular flexibility index (Phi) is 2.31. The lowest BCUT2D eigenvalue weighted by molar-refractivity contribution is -0.385. The third-order valence-electron chi connectivity index (χ3n) is 2.55. The van der Waals surface area contributed by atoms with Crippen LogP contribution in [-0.2, 0) is 0 Å². The van der Waals surface area contributed by atoms with E-state index in [4.69, 9.17) is 0 Å². The molecule has 0 aliphatic heterocycles. The lowest BCUT2D eigenvalue weighted by Gasteiger charge is -2.07. The van der Waals surface area contributed by atoms with Gasteiger partial charge < -0.3 is 0 Å². The molecule has 3 heteroatoms. The van der Waals surface area contributed by atoms with Crippen LogP contribution in [0, 0.1) is 10.1 Å². The van der Waals surface area contributed by atoms with Gasteiger partial charge in [-0.1, -0.05) is 30.4 Å². The Hall–Kier alpha value is -1.64. The Morgan fingerprint density at radius 2 is 2.14 bits per heavy atom. The van der Waals surface area contributed by atoms with Crippen molar-refractivity contribution in [3.05, 3.63) is 52.1 Å². The highest BCUT2D eigenvalue weighted by molar-refractivity contribution is 5.44. The van der Waals surface area contributed by atoms with E-state index >= 15 is 0 Å². The first-order valence-electron chi connectivity index (χ1n) is 4.69. The third-order valence-corrected chi connectivity index (χ3v) is 2.55. The molecule has 0 N–H and O–H groups in total. The molecule has 0 saturated heterocycles. The molecule has 0 bridgehead atoms. The van der Waals surface area contributed by atoms with Crippen LogP contribution >= 0.6 is 0 Å². The molecule has 0 radical (unpaired) electrons. The monoisotopic (exact) mass is 189 g/mol. The Morgan fingerprint density at radius 1 is 1.36 bits per heavy atom. The van der Waals surface area contributed by atoms with E-state index in [0.29, 0.717) is 0 Å². The van der Waals surface area contributed by atoms with Gasteiger partial charge in [0, 0.05) is 17.5 Å². The van der Waals surface area contributed by atoms with E-state index in [1.807, 2.05) is 12.1 Å². The fraction of sp³-hybridized carbons (Fsp3) is 0.273. The van der Waals surface area contributed by atoms with Crippen molar-refractivity contribution < 1.29 is 4.92 Å². The number of allylic oxidation sites excluding steroid dienone is 2. The summed E-state index contributed by atoms with van der Waals surface area (Å²) < 4.78 is 0. The number of hydrogen-bond donors (Lipinski definition) is 0. The van der Waals surface area contributed by atoms with Crippen LogP contribution in [-0.4, -0.2) is 4.92 Å². The molecule has 72 valence electrons. The second-order valence-electron chi connectivity index (χ2n) is 3.43. The summed E-state index contributed by atoms with van der Waals surface area (Å²) in [6.07, 6.45) is 6.16. The number of benzene rings is 1. The van der Waals surface area contributed by atoms with Crippen molar-refractivity contribution in [2.24, 2.45) is 0 Å². The highest BCUT2D eigenvalue weighted by Gasteiger charge is 2.20. The van der Waals surface area contributed by atoms with Crippen molar-refractivity contribution in [2.75, 3.05) is 0 Å². The van der Waals surface area contributed by atoms with Crippen molar-refractivity contribution in [1.82, 2.24) is 0 Å². The number of rotatable bonds is 2.